The first-order chi connectivity index (χ1) is 20.4. The van der Waals surface area contributed by atoms with Gasteiger partial charge in [-0.2, -0.15) is 13.2 Å². The minimum atomic E-state index is -4.72. The highest BCUT2D eigenvalue weighted by molar-refractivity contribution is 7.92. The second kappa shape index (κ2) is 12.2. The molecule has 0 unspecified atom stereocenters. The zero-order chi connectivity index (χ0) is 30.9. The number of rotatable bonds is 8. The fourth-order valence-corrected chi connectivity index (χ4v) is 7.14. The lowest BCUT2D eigenvalue weighted by atomic mass is 10.0. The summed E-state index contributed by atoms with van der Waals surface area (Å²) < 4.78 is 80.2. The number of carbonyl (C=O) groups is 1. The van der Waals surface area contributed by atoms with Gasteiger partial charge in [-0.25, -0.2) is 13.4 Å². The van der Waals surface area contributed by atoms with E-state index in [1.54, 1.807) is 30.5 Å². The summed E-state index contributed by atoms with van der Waals surface area (Å²) in [5, 5.41) is 0.412. The van der Waals surface area contributed by atoms with Gasteiger partial charge in [0.15, 0.2) is 5.82 Å². The Hall–Kier alpha value is -3.55. The summed E-state index contributed by atoms with van der Waals surface area (Å²) in [5.41, 5.74) is 0.375. The van der Waals surface area contributed by atoms with Crippen molar-refractivity contribution in [3.8, 4) is 16.9 Å². The number of halogens is 4. The average molecular weight is 639 g/mol. The van der Waals surface area contributed by atoms with Gasteiger partial charge in [-0.1, -0.05) is 17.7 Å². The molecule has 0 bridgehead atoms. The van der Waals surface area contributed by atoms with Crippen LogP contribution in [0.3, 0.4) is 0 Å². The molecule has 0 spiro atoms. The van der Waals surface area contributed by atoms with Gasteiger partial charge < -0.3 is 14.4 Å². The van der Waals surface area contributed by atoms with Crippen molar-refractivity contribution in [2.75, 3.05) is 55.6 Å². The predicted molar refractivity (Wildman–Crippen MR) is 156 cm³/mol. The normalized spacial score (nSPS) is 17.3. The van der Waals surface area contributed by atoms with Gasteiger partial charge in [0.05, 0.1) is 48.9 Å². The van der Waals surface area contributed by atoms with Crippen molar-refractivity contribution >= 4 is 39.1 Å². The quantitative estimate of drug-likeness (QED) is 0.316. The number of alkyl halides is 3. The molecule has 230 valence electrons. The van der Waals surface area contributed by atoms with Crippen LogP contribution < -0.4 is 13.9 Å². The number of pyridine rings is 1. The first-order valence-corrected chi connectivity index (χ1v) is 15.4. The van der Waals surface area contributed by atoms with Crippen molar-refractivity contribution < 1.29 is 35.9 Å². The third-order valence-electron chi connectivity index (χ3n) is 7.46. The fourth-order valence-electron chi connectivity index (χ4n) is 5.37. The Morgan fingerprint density at radius 3 is 2.60 bits per heavy atom. The molecule has 0 aliphatic carbocycles. The third kappa shape index (κ3) is 6.53. The summed E-state index contributed by atoms with van der Waals surface area (Å²) in [6.07, 6.45) is -2.93. The lowest BCUT2D eigenvalue weighted by Gasteiger charge is -2.48. The Kier molecular flexibility index (Phi) is 8.77. The van der Waals surface area contributed by atoms with Crippen LogP contribution in [0.15, 0.2) is 59.6 Å². The molecular formula is C29H30ClF3N4O5S. The highest BCUT2D eigenvalue weighted by Crippen LogP contribution is 2.42. The summed E-state index contributed by atoms with van der Waals surface area (Å²) in [5.74, 6) is 0.572. The number of aromatic nitrogens is 1. The maximum Gasteiger partial charge on any atom is 0.416 e. The first-order valence-electron chi connectivity index (χ1n) is 13.6. The highest BCUT2D eigenvalue weighted by atomic mass is 35.5. The number of sulfonamides is 1. The Morgan fingerprint density at radius 1 is 1.09 bits per heavy atom. The minimum Gasteiger partial charge on any atom is -0.494 e. The molecule has 9 nitrogen and oxygen atoms in total. The number of benzene rings is 2. The average Bonchev–Trinajstić information content (AvgIpc) is 2.98. The molecule has 3 aromatic rings. The van der Waals surface area contributed by atoms with E-state index in [1.165, 1.54) is 7.11 Å². The molecule has 5 rings (SSSR count). The number of hydrogen-bond acceptors (Lipinski definition) is 8. The molecule has 2 aliphatic rings. The second-order valence-corrected chi connectivity index (χ2v) is 12.5. The van der Waals surface area contributed by atoms with Crippen LogP contribution in [-0.2, 0) is 25.7 Å². The van der Waals surface area contributed by atoms with E-state index in [4.69, 9.17) is 21.1 Å². The van der Waals surface area contributed by atoms with Crippen LogP contribution in [-0.4, -0.2) is 76.8 Å². The van der Waals surface area contributed by atoms with Crippen LogP contribution in [0.5, 0.6) is 5.75 Å². The van der Waals surface area contributed by atoms with Crippen molar-refractivity contribution in [3.63, 3.8) is 0 Å². The smallest absolute Gasteiger partial charge is 0.416 e. The van der Waals surface area contributed by atoms with Crippen LogP contribution in [0.2, 0.25) is 5.02 Å². The van der Waals surface area contributed by atoms with E-state index < -0.39 is 26.7 Å². The standard InChI is InChI=1S/C29H30ClF3N4O5S/c1-3-42-24-12-19(11-22(30)15-24)20-13-26-28(34-16-20)36-10-9-35(8-7-27(38)41-2)17-23(36)18-37(26)43(39,40)25-6-4-5-21(14-25)29(31,32)33/h4-6,11-16,23H,3,7-10,17-18H2,1-2H3/t23-/m0/s1. The van der Waals surface area contributed by atoms with E-state index in [0.29, 0.717) is 66.6 Å². The van der Waals surface area contributed by atoms with Crippen molar-refractivity contribution in [1.29, 1.82) is 0 Å². The minimum absolute atomic E-state index is 0.0365. The fraction of sp³-hybridized carbons (Fsp3) is 0.379. The molecule has 0 saturated carbocycles. The number of ether oxygens (including phenoxy) is 2. The number of anilines is 2. The molecule has 0 radical (unpaired) electrons. The summed E-state index contributed by atoms with van der Waals surface area (Å²) in [6, 6.07) is 10.1. The summed E-state index contributed by atoms with van der Waals surface area (Å²) in [4.78, 5) is 20.0. The molecule has 1 saturated heterocycles. The summed E-state index contributed by atoms with van der Waals surface area (Å²) in [6.45, 7) is 4.16. The number of fused-ring (bicyclic) bond motifs is 3. The van der Waals surface area contributed by atoms with Crippen LogP contribution in [0.1, 0.15) is 18.9 Å². The van der Waals surface area contributed by atoms with E-state index in [0.717, 1.165) is 22.5 Å². The molecular weight excluding hydrogens is 609 g/mol. The number of hydrogen-bond donors (Lipinski definition) is 0. The van der Waals surface area contributed by atoms with Crippen LogP contribution in [0.4, 0.5) is 24.7 Å². The van der Waals surface area contributed by atoms with Crippen molar-refractivity contribution in [3.05, 3.63) is 65.3 Å². The molecule has 0 amide bonds. The Labute approximate surface area is 252 Å². The number of piperazine rings is 1. The van der Waals surface area contributed by atoms with Gasteiger partial charge in [0.1, 0.15) is 5.75 Å². The molecule has 1 atom stereocenters. The van der Waals surface area contributed by atoms with Crippen molar-refractivity contribution in [2.45, 2.75) is 30.5 Å². The van der Waals surface area contributed by atoms with Gasteiger partial charge >= 0.3 is 12.1 Å². The van der Waals surface area contributed by atoms with Gasteiger partial charge in [-0.15, -0.1) is 0 Å². The van der Waals surface area contributed by atoms with Gasteiger partial charge in [0.25, 0.3) is 10.0 Å². The maximum absolute atomic E-state index is 14.1. The maximum atomic E-state index is 14.1. The van der Waals surface area contributed by atoms with Crippen molar-refractivity contribution in [1.82, 2.24) is 9.88 Å². The number of nitrogens with zero attached hydrogens (tertiary/aromatic N) is 4. The van der Waals surface area contributed by atoms with Crippen LogP contribution >= 0.6 is 11.6 Å². The van der Waals surface area contributed by atoms with Crippen molar-refractivity contribution in [2.24, 2.45) is 0 Å². The molecule has 2 aliphatic heterocycles. The molecule has 1 fully saturated rings. The largest absolute Gasteiger partial charge is 0.494 e. The lowest BCUT2D eigenvalue weighted by Crippen LogP contribution is -2.61. The van der Waals surface area contributed by atoms with Gasteiger partial charge in [-0.3, -0.25) is 14.0 Å². The monoisotopic (exact) mass is 638 g/mol. The molecule has 14 heteroatoms. The highest BCUT2D eigenvalue weighted by Gasteiger charge is 2.41. The topological polar surface area (TPSA) is 92.3 Å². The van der Waals surface area contributed by atoms with E-state index in [2.05, 4.69) is 4.98 Å². The summed E-state index contributed by atoms with van der Waals surface area (Å²) in [7, 11) is -3.14. The van der Waals surface area contributed by atoms with Crippen LogP contribution in [0, 0.1) is 0 Å². The van der Waals surface area contributed by atoms with E-state index >= 15 is 0 Å². The molecule has 43 heavy (non-hydrogen) atoms. The number of esters is 1. The Bertz CT molecular complexity index is 1620. The van der Waals surface area contributed by atoms with E-state index in [-0.39, 0.29) is 30.7 Å². The zero-order valence-corrected chi connectivity index (χ0v) is 25.0. The Balaban J connectivity index is 1.58. The molecule has 3 heterocycles. The Morgan fingerprint density at radius 2 is 1.88 bits per heavy atom. The lowest BCUT2D eigenvalue weighted by molar-refractivity contribution is -0.141. The number of carbonyl (C=O) groups excluding carboxylic acids is 1. The van der Waals surface area contributed by atoms with Gasteiger partial charge in [0.2, 0.25) is 0 Å². The molecule has 1 aromatic heterocycles. The first kappa shape index (κ1) is 30.9. The van der Waals surface area contributed by atoms with Gasteiger partial charge in [-0.05, 0) is 55.0 Å². The third-order valence-corrected chi connectivity index (χ3v) is 9.45. The molecule has 2 aromatic carbocycles. The van der Waals surface area contributed by atoms with Crippen LogP contribution in [0.25, 0.3) is 11.1 Å². The van der Waals surface area contributed by atoms with E-state index in [9.17, 15) is 26.4 Å². The number of methoxy groups -OCH3 is 1. The van der Waals surface area contributed by atoms with Gasteiger partial charge in [0, 0.05) is 43.0 Å². The van der Waals surface area contributed by atoms with E-state index in [1.807, 2.05) is 16.7 Å². The molecule has 0 N–H and O–H groups in total. The second-order valence-electron chi connectivity index (χ2n) is 10.2. The predicted octanol–water partition coefficient (Wildman–Crippen LogP) is 5.08. The SMILES string of the molecule is CCOc1cc(Cl)cc(-c2cnc3c(c2)N(S(=O)(=O)c2cccc(C(F)(F)F)c2)C[C@@H]2CN(CCC(=O)OC)CCN32)c1. The summed E-state index contributed by atoms with van der Waals surface area (Å²) >= 11 is 6.33. The zero-order valence-electron chi connectivity index (χ0n) is 23.5.